The molecule has 7 nitrogen and oxygen atoms in total. The van der Waals surface area contributed by atoms with Gasteiger partial charge in [0.1, 0.15) is 6.61 Å². The molecule has 2 heterocycles. The molecule has 2 fully saturated rings. The molecule has 148 valence electrons. The van der Waals surface area contributed by atoms with Crippen LogP contribution in [0, 0.1) is 0 Å². The van der Waals surface area contributed by atoms with Gasteiger partial charge >= 0.3 is 6.09 Å². The van der Waals surface area contributed by atoms with E-state index in [0.717, 1.165) is 19.3 Å². The number of cyclic esters (lactones) is 1. The molecule has 1 unspecified atom stereocenters. The highest BCUT2D eigenvalue weighted by molar-refractivity contribution is 9.10. The van der Waals surface area contributed by atoms with Crippen molar-refractivity contribution in [2.45, 2.75) is 38.3 Å². The summed E-state index contributed by atoms with van der Waals surface area (Å²) in [5, 5.41) is 0. The number of ether oxygens (including phenoxy) is 3. The molecule has 0 aliphatic carbocycles. The van der Waals surface area contributed by atoms with Gasteiger partial charge in [-0.05, 0) is 47.3 Å². The molecule has 2 saturated heterocycles. The van der Waals surface area contributed by atoms with Gasteiger partial charge < -0.3 is 19.1 Å². The number of amides is 2. The van der Waals surface area contributed by atoms with Crippen LogP contribution in [0.15, 0.2) is 16.6 Å². The number of nitrogens with zero attached hydrogens (tertiary/aromatic N) is 2. The minimum absolute atomic E-state index is 0.0580. The Hall–Kier alpha value is -1.96. The normalized spacial score (nSPS) is 20.6. The SMILES string of the molecule is CCC1COC(=O)N1C1CCN(C(=O)c2cc(OC)c(OC)cc2Br)CC1. The molecule has 0 radical (unpaired) electrons. The predicted octanol–water partition coefficient (Wildman–Crippen LogP) is 3.30. The third kappa shape index (κ3) is 3.85. The molecule has 0 bridgehead atoms. The van der Waals surface area contributed by atoms with Crippen molar-refractivity contribution in [2.75, 3.05) is 33.9 Å². The minimum Gasteiger partial charge on any atom is -0.493 e. The van der Waals surface area contributed by atoms with Crippen molar-refractivity contribution in [2.24, 2.45) is 0 Å². The van der Waals surface area contributed by atoms with E-state index in [1.807, 2.05) is 9.80 Å². The Labute approximate surface area is 167 Å². The lowest BCUT2D eigenvalue weighted by atomic mass is 10.0. The van der Waals surface area contributed by atoms with Crippen LogP contribution in [0.4, 0.5) is 4.79 Å². The summed E-state index contributed by atoms with van der Waals surface area (Å²) < 4.78 is 16.5. The molecule has 1 aromatic rings. The van der Waals surface area contributed by atoms with Gasteiger partial charge in [-0.15, -0.1) is 0 Å². The molecule has 2 amide bonds. The van der Waals surface area contributed by atoms with Crippen molar-refractivity contribution < 1.29 is 23.8 Å². The monoisotopic (exact) mass is 440 g/mol. The molecule has 8 heteroatoms. The fourth-order valence-electron chi connectivity index (χ4n) is 3.77. The first-order chi connectivity index (χ1) is 13.0. The molecule has 2 aliphatic rings. The van der Waals surface area contributed by atoms with Crippen LogP contribution in [-0.4, -0.2) is 67.8 Å². The van der Waals surface area contributed by atoms with E-state index in [0.29, 0.717) is 41.2 Å². The molecule has 0 spiro atoms. The van der Waals surface area contributed by atoms with Crippen LogP contribution < -0.4 is 9.47 Å². The Kier molecular flexibility index (Phi) is 6.14. The highest BCUT2D eigenvalue weighted by atomic mass is 79.9. The van der Waals surface area contributed by atoms with Crippen LogP contribution in [-0.2, 0) is 4.74 Å². The van der Waals surface area contributed by atoms with Gasteiger partial charge in [0.05, 0.1) is 25.8 Å². The van der Waals surface area contributed by atoms with Gasteiger partial charge in [-0.3, -0.25) is 9.69 Å². The lowest BCUT2D eigenvalue weighted by molar-refractivity contribution is 0.0634. The highest BCUT2D eigenvalue weighted by Crippen LogP contribution is 2.34. The number of halogens is 1. The van der Waals surface area contributed by atoms with Crippen LogP contribution in [0.3, 0.4) is 0 Å². The van der Waals surface area contributed by atoms with Gasteiger partial charge in [-0.25, -0.2) is 4.79 Å². The maximum atomic E-state index is 13.0. The van der Waals surface area contributed by atoms with Gasteiger partial charge in [0.15, 0.2) is 11.5 Å². The molecule has 0 N–H and O–H groups in total. The Balaban J connectivity index is 1.69. The first-order valence-corrected chi connectivity index (χ1v) is 9.95. The lowest BCUT2D eigenvalue weighted by Crippen LogP contribution is -2.49. The average molecular weight is 441 g/mol. The fraction of sp³-hybridized carbons (Fsp3) is 0.579. The minimum atomic E-state index is -0.228. The topological polar surface area (TPSA) is 68.3 Å². The summed E-state index contributed by atoms with van der Waals surface area (Å²) in [6.45, 7) is 3.73. The van der Waals surface area contributed by atoms with Crippen LogP contribution in [0.1, 0.15) is 36.5 Å². The van der Waals surface area contributed by atoms with Gasteiger partial charge in [-0.1, -0.05) is 6.92 Å². The molecule has 1 atom stereocenters. The molecule has 1 aromatic carbocycles. The summed E-state index contributed by atoms with van der Waals surface area (Å²) in [4.78, 5) is 28.7. The van der Waals surface area contributed by atoms with E-state index in [2.05, 4.69) is 22.9 Å². The standard InChI is InChI=1S/C19H25BrN2O5/c1-4-12-11-27-19(24)22(12)13-5-7-21(8-6-13)18(23)14-9-16(25-2)17(26-3)10-15(14)20/h9-10,12-13H,4-8,11H2,1-3H3. The summed E-state index contributed by atoms with van der Waals surface area (Å²) in [7, 11) is 3.11. The van der Waals surface area contributed by atoms with E-state index in [9.17, 15) is 9.59 Å². The zero-order valence-electron chi connectivity index (χ0n) is 15.9. The zero-order valence-corrected chi connectivity index (χ0v) is 17.5. The van der Waals surface area contributed by atoms with Gasteiger partial charge in [0.25, 0.3) is 5.91 Å². The van der Waals surface area contributed by atoms with E-state index in [-0.39, 0.29) is 24.1 Å². The van der Waals surface area contributed by atoms with Crippen molar-refractivity contribution in [3.63, 3.8) is 0 Å². The molecule has 0 saturated carbocycles. The highest BCUT2D eigenvalue weighted by Gasteiger charge is 2.39. The quantitative estimate of drug-likeness (QED) is 0.702. The Morgan fingerprint density at radius 1 is 1.22 bits per heavy atom. The van der Waals surface area contributed by atoms with Crippen molar-refractivity contribution in [1.82, 2.24) is 9.80 Å². The number of benzene rings is 1. The van der Waals surface area contributed by atoms with E-state index in [4.69, 9.17) is 14.2 Å². The second-order valence-electron chi connectivity index (χ2n) is 6.76. The molecule has 27 heavy (non-hydrogen) atoms. The second-order valence-corrected chi connectivity index (χ2v) is 7.61. The van der Waals surface area contributed by atoms with Gasteiger partial charge in [0.2, 0.25) is 0 Å². The number of hydrogen-bond acceptors (Lipinski definition) is 5. The zero-order chi connectivity index (χ0) is 19.6. The number of hydrogen-bond donors (Lipinski definition) is 0. The van der Waals surface area contributed by atoms with Crippen molar-refractivity contribution in [3.8, 4) is 11.5 Å². The fourth-order valence-corrected chi connectivity index (χ4v) is 4.26. The maximum Gasteiger partial charge on any atom is 0.410 e. The largest absolute Gasteiger partial charge is 0.493 e. The van der Waals surface area contributed by atoms with Crippen molar-refractivity contribution >= 4 is 27.9 Å². The smallest absolute Gasteiger partial charge is 0.410 e. The summed E-state index contributed by atoms with van der Waals surface area (Å²) in [6.07, 6.45) is 2.16. The number of carbonyl (C=O) groups excluding carboxylic acids is 2. The van der Waals surface area contributed by atoms with E-state index in [1.165, 1.54) is 0 Å². The number of methoxy groups -OCH3 is 2. The molecule has 3 rings (SSSR count). The molecular formula is C19H25BrN2O5. The Morgan fingerprint density at radius 3 is 2.44 bits per heavy atom. The predicted molar refractivity (Wildman–Crippen MR) is 103 cm³/mol. The second kappa shape index (κ2) is 8.37. The number of likely N-dealkylation sites (tertiary alicyclic amines) is 1. The van der Waals surface area contributed by atoms with Crippen LogP contribution in [0.25, 0.3) is 0 Å². The van der Waals surface area contributed by atoms with E-state index >= 15 is 0 Å². The molecule has 2 aliphatic heterocycles. The summed E-state index contributed by atoms with van der Waals surface area (Å²) in [5.74, 6) is 1.03. The van der Waals surface area contributed by atoms with Gasteiger partial charge in [-0.2, -0.15) is 0 Å². The molecular weight excluding hydrogens is 416 g/mol. The third-order valence-corrected chi connectivity index (χ3v) is 5.98. The van der Waals surface area contributed by atoms with E-state index < -0.39 is 0 Å². The van der Waals surface area contributed by atoms with Crippen LogP contribution >= 0.6 is 15.9 Å². The first-order valence-electron chi connectivity index (χ1n) is 9.16. The van der Waals surface area contributed by atoms with Crippen LogP contribution in [0.5, 0.6) is 11.5 Å². The maximum absolute atomic E-state index is 13.0. The summed E-state index contributed by atoms with van der Waals surface area (Å²) >= 11 is 3.46. The summed E-state index contributed by atoms with van der Waals surface area (Å²) in [6, 6.07) is 3.71. The molecule has 0 aromatic heterocycles. The average Bonchev–Trinajstić information content (AvgIpc) is 3.07. The Bertz CT molecular complexity index is 718. The van der Waals surface area contributed by atoms with Gasteiger partial charge in [0, 0.05) is 23.6 Å². The lowest BCUT2D eigenvalue weighted by Gasteiger charge is -2.37. The van der Waals surface area contributed by atoms with Crippen LogP contribution in [0.2, 0.25) is 0 Å². The first kappa shape index (κ1) is 19.8. The number of rotatable bonds is 5. The number of piperidine rings is 1. The Morgan fingerprint density at radius 2 is 1.85 bits per heavy atom. The van der Waals surface area contributed by atoms with E-state index in [1.54, 1.807) is 26.4 Å². The van der Waals surface area contributed by atoms with Crippen molar-refractivity contribution in [3.05, 3.63) is 22.2 Å². The third-order valence-electron chi connectivity index (χ3n) is 5.32. The summed E-state index contributed by atoms with van der Waals surface area (Å²) in [5.41, 5.74) is 0.540. The van der Waals surface area contributed by atoms with Crippen molar-refractivity contribution in [1.29, 1.82) is 0 Å². The number of carbonyl (C=O) groups is 2.